The van der Waals surface area contributed by atoms with Crippen molar-refractivity contribution in [2.45, 2.75) is 55.0 Å². The van der Waals surface area contributed by atoms with Gasteiger partial charge in [-0.2, -0.15) is 0 Å². The summed E-state index contributed by atoms with van der Waals surface area (Å²) in [4.78, 5) is 15.0. The standard InChI is InChI=1S/C13H19NO2S2/c1-2-9-3-5-11(6-4-9)18-13-14-10(8-17-13)7-12(15)16/h8-9,11H,2-7H2,1H3,(H,15,16). The number of hydrogen-bond acceptors (Lipinski definition) is 4. The third-order valence-corrected chi connectivity index (χ3v) is 5.86. The number of hydrogen-bond donors (Lipinski definition) is 1. The quantitative estimate of drug-likeness (QED) is 0.893. The van der Waals surface area contributed by atoms with Crippen molar-refractivity contribution in [3.8, 4) is 0 Å². The van der Waals surface area contributed by atoms with Crippen molar-refractivity contribution in [3.63, 3.8) is 0 Å². The normalized spacial score (nSPS) is 24.1. The van der Waals surface area contributed by atoms with Crippen molar-refractivity contribution in [3.05, 3.63) is 11.1 Å². The van der Waals surface area contributed by atoms with Crippen molar-refractivity contribution in [2.75, 3.05) is 0 Å². The molecule has 18 heavy (non-hydrogen) atoms. The van der Waals surface area contributed by atoms with Crippen LogP contribution in [0.3, 0.4) is 0 Å². The smallest absolute Gasteiger partial charge is 0.309 e. The Balaban J connectivity index is 1.83. The van der Waals surface area contributed by atoms with Gasteiger partial charge in [0.2, 0.25) is 0 Å². The van der Waals surface area contributed by atoms with E-state index in [4.69, 9.17) is 5.11 Å². The third-order valence-electron chi connectivity index (χ3n) is 3.50. The van der Waals surface area contributed by atoms with Crippen LogP contribution in [0.25, 0.3) is 0 Å². The van der Waals surface area contributed by atoms with Gasteiger partial charge in [0, 0.05) is 10.6 Å². The molecule has 0 spiro atoms. The molecule has 0 saturated heterocycles. The van der Waals surface area contributed by atoms with Gasteiger partial charge in [-0.05, 0) is 31.6 Å². The minimum atomic E-state index is -0.805. The minimum absolute atomic E-state index is 0.0413. The van der Waals surface area contributed by atoms with Crippen molar-refractivity contribution in [2.24, 2.45) is 5.92 Å². The summed E-state index contributed by atoms with van der Waals surface area (Å²) >= 11 is 3.42. The molecule has 1 fully saturated rings. The molecule has 1 aliphatic rings. The van der Waals surface area contributed by atoms with Crippen LogP contribution in [0.2, 0.25) is 0 Å². The van der Waals surface area contributed by atoms with Crippen LogP contribution in [0.15, 0.2) is 9.72 Å². The predicted octanol–water partition coefficient (Wildman–Crippen LogP) is 3.83. The molecule has 3 nitrogen and oxygen atoms in total. The van der Waals surface area contributed by atoms with Gasteiger partial charge in [-0.25, -0.2) is 4.98 Å². The lowest BCUT2D eigenvalue weighted by molar-refractivity contribution is -0.136. The van der Waals surface area contributed by atoms with Gasteiger partial charge < -0.3 is 5.11 Å². The first kappa shape index (κ1) is 13.9. The largest absolute Gasteiger partial charge is 0.481 e. The summed E-state index contributed by atoms with van der Waals surface area (Å²) in [5.41, 5.74) is 0.692. The molecule has 5 heteroatoms. The number of aliphatic carboxylic acids is 1. The molecule has 0 radical (unpaired) electrons. The van der Waals surface area contributed by atoms with Gasteiger partial charge in [-0.15, -0.1) is 11.3 Å². The molecule has 0 aliphatic heterocycles. The van der Waals surface area contributed by atoms with Gasteiger partial charge in [-0.1, -0.05) is 25.1 Å². The molecule has 1 aromatic rings. The van der Waals surface area contributed by atoms with E-state index in [2.05, 4.69) is 11.9 Å². The number of thiazole rings is 1. The maximum absolute atomic E-state index is 10.6. The zero-order valence-electron chi connectivity index (χ0n) is 10.6. The van der Waals surface area contributed by atoms with Crippen LogP contribution in [0.5, 0.6) is 0 Å². The Kier molecular flexibility index (Phi) is 5.06. The summed E-state index contributed by atoms with van der Waals surface area (Å²) in [5, 5.41) is 11.3. The summed E-state index contributed by atoms with van der Waals surface area (Å²) in [6.45, 7) is 2.27. The minimum Gasteiger partial charge on any atom is -0.481 e. The third kappa shape index (κ3) is 3.99. The van der Waals surface area contributed by atoms with Crippen LogP contribution in [0, 0.1) is 5.92 Å². The molecule has 1 N–H and O–H groups in total. The SMILES string of the molecule is CCC1CCC(Sc2nc(CC(=O)O)cs2)CC1. The van der Waals surface area contributed by atoms with Crippen molar-refractivity contribution >= 4 is 29.1 Å². The van der Waals surface area contributed by atoms with Gasteiger partial charge in [0.15, 0.2) is 0 Å². The highest BCUT2D eigenvalue weighted by Gasteiger charge is 2.21. The summed E-state index contributed by atoms with van der Waals surface area (Å²) in [7, 11) is 0. The second-order valence-corrected chi connectivity index (χ2v) is 7.25. The molecule has 0 bridgehead atoms. The molecule has 1 saturated carbocycles. The molecule has 2 rings (SSSR count). The highest BCUT2D eigenvalue weighted by molar-refractivity contribution is 8.01. The Morgan fingerprint density at radius 1 is 1.50 bits per heavy atom. The van der Waals surface area contributed by atoms with Crippen molar-refractivity contribution in [1.82, 2.24) is 4.98 Å². The second kappa shape index (κ2) is 6.57. The number of rotatable bonds is 5. The fraction of sp³-hybridized carbons (Fsp3) is 0.692. The van der Waals surface area contributed by atoms with Crippen molar-refractivity contribution in [1.29, 1.82) is 0 Å². The molecule has 0 aromatic carbocycles. The first-order valence-corrected chi connectivity index (χ1v) is 8.26. The van der Waals surface area contributed by atoms with Crippen molar-refractivity contribution < 1.29 is 9.90 Å². The number of aromatic nitrogens is 1. The summed E-state index contributed by atoms with van der Waals surface area (Å²) < 4.78 is 1.03. The van der Waals surface area contributed by atoms with Gasteiger partial charge in [0.05, 0.1) is 12.1 Å². The first-order chi connectivity index (χ1) is 8.67. The summed E-state index contributed by atoms with van der Waals surface area (Å²) in [6.07, 6.45) is 6.56. The first-order valence-electron chi connectivity index (χ1n) is 6.50. The second-order valence-electron chi connectivity index (χ2n) is 4.84. The van der Waals surface area contributed by atoms with Crippen LogP contribution < -0.4 is 0 Å². The predicted molar refractivity (Wildman–Crippen MR) is 75.3 cm³/mol. The molecule has 0 unspecified atom stereocenters. The number of nitrogens with zero attached hydrogens (tertiary/aromatic N) is 1. The molecule has 0 amide bonds. The topological polar surface area (TPSA) is 50.2 Å². The Morgan fingerprint density at radius 2 is 2.22 bits per heavy atom. The fourth-order valence-electron chi connectivity index (χ4n) is 2.38. The van der Waals surface area contributed by atoms with Gasteiger partial charge in [0.1, 0.15) is 4.34 Å². The lowest BCUT2D eigenvalue weighted by atomic mass is 9.87. The van der Waals surface area contributed by atoms with E-state index in [1.807, 2.05) is 17.1 Å². The molecule has 1 aliphatic carbocycles. The number of carbonyl (C=O) groups is 1. The van der Waals surface area contributed by atoms with Crippen LogP contribution in [-0.4, -0.2) is 21.3 Å². The Bertz CT molecular complexity index is 397. The molecular formula is C13H19NO2S2. The maximum atomic E-state index is 10.6. The highest BCUT2D eigenvalue weighted by Crippen LogP contribution is 2.37. The average molecular weight is 285 g/mol. The lowest BCUT2D eigenvalue weighted by Crippen LogP contribution is -2.15. The molecule has 0 atom stereocenters. The zero-order valence-corrected chi connectivity index (χ0v) is 12.2. The van der Waals surface area contributed by atoms with E-state index in [1.54, 1.807) is 11.3 Å². The number of thioether (sulfide) groups is 1. The Hall–Kier alpha value is -0.550. The fourth-order valence-corrected chi connectivity index (χ4v) is 4.66. The van der Waals surface area contributed by atoms with E-state index in [9.17, 15) is 4.79 Å². The monoisotopic (exact) mass is 285 g/mol. The number of carboxylic acid groups (broad SMARTS) is 1. The van der Waals surface area contributed by atoms with Crippen LogP contribution >= 0.6 is 23.1 Å². The van der Waals surface area contributed by atoms with E-state index < -0.39 is 5.97 Å². The van der Waals surface area contributed by atoms with E-state index in [0.717, 1.165) is 10.3 Å². The van der Waals surface area contributed by atoms with E-state index in [-0.39, 0.29) is 6.42 Å². The summed E-state index contributed by atoms with van der Waals surface area (Å²) in [5.74, 6) is 0.112. The average Bonchev–Trinajstić information content (AvgIpc) is 2.76. The van der Waals surface area contributed by atoms with E-state index >= 15 is 0 Å². The molecule has 100 valence electrons. The van der Waals surface area contributed by atoms with Gasteiger partial charge in [0.25, 0.3) is 0 Å². The lowest BCUT2D eigenvalue weighted by Gasteiger charge is -2.26. The van der Waals surface area contributed by atoms with Gasteiger partial charge >= 0.3 is 5.97 Å². The molecule has 1 aromatic heterocycles. The molecule has 1 heterocycles. The van der Waals surface area contributed by atoms with Crippen LogP contribution in [0.4, 0.5) is 0 Å². The van der Waals surface area contributed by atoms with Crippen LogP contribution in [0.1, 0.15) is 44.7 Å². The highest BCUT2D eigenvalue weighted by atomic mass is 32.2. The van der Waals surface area contributed by atoms with E-state index in [1.165, 1.54) is 32.1 Å². The Morgan fingerprint density at radius 3 is 2.83 bits per heavy atom. The van der Waals surface area contributed by atoms with Gasteiger partial charge in [-0.3, -0.25) is 4.79 Å². The zero-order chi connectivity index (χ0) is 13.0. The Labute approximate surface area is 116 Å². The summed E-state index contributed by atoms with van der Waals surface area (Å²) in [6, 6.07) is 0. The number of carboxylic acids is 1. The maximum Gasteiger partial charge on any atom is 0.309 e. The van der Waals surface area contributed by atoms with E-state index in [0.29, 0.717) is 10.9 Å². The molecular weight excluding hydrogens is 266 g/mol. The van der Waals surface area contributed by atoms with Crippen LogP contribution in [-0.2, 0) is 11.2 Å².